The highest BCUT2D eigenvalue weighted by molar-refractivity contribution is 6.79. The van der Waals surface area contributed by atoms with E-state index in [0.717, 1.165) is 31.0 Å². The van der Waals surface area contributed by atoms with E-state index in [4.69, 9.17) is 26.6 Å². The van der Waals surface area contributed by atoms with Gasteiger partial charge in [-0.15, -0.1) is 0 Å². The highest BCUT2D eigenvalue weighted by Gasteiger charge is 2.44. The summed E-state index contributed by atoms with van der Waals surface area (Å²) in [5.41, 5.74) is 0. The van der Waals surface area contributed by atoms with Gasteiger partial charge in [0.25, 0.3) is 0 Å². The predicted molar refractivity (Wildman–Crippen MR) is 157 cm³/mol. The summed E-state index contributed by atoms with van der Waals surface area (Å²) >= 11 is 0. The van der Waals surface area contributed by atoms with Crippen LogP contribution in [0.5, 0.6) is 0 Å². The zero-order valence-corrected chi connectivity index (χ0v) is 30.4. The normalized spacial score (nSPS) is 17.6. The molecule has 0 aromatic rings. The topological polar surface area (TPSA) is 55.4 Å². The van der Waals surface area contributed by atoms with Crippen molar-refractivity contribution in [2.24, 2.45) is 0 Å². The summed E-state index contributed by atoms with van der Waals surface area (Å²) in [4.78, 5) is 0. The Morgan fingerprint density at radius 1 is 0.424 bits per heavy atom. The molecule has 0 saturated heterocycles. The van der Waals surface area contributed by atoms with Crippen LogP contribution in [0, 0.1) is 0 Å². The molecule has 0 rings (SSSR count). The Morgan fingerprint density at radius 2 is 0.727 bits per heavy atom. The zero-order valence-electron chi connectivity index (χ0n) is 24.4. The summed E-state index contributed by atoms with van der Waals surface area (Å²) in [5, 5.41) is 0. The van der Waals surface area contributed by atoms with Crippen LogP contribution < -0.4 is 0 Å². The molecular formula is C21H56O6Si6. The van der Waals surface area contributed by atoms with Gasteiger partial charge in [-0.1, -0.05) is 39.3 Å². The third-order valence-corrected chi connectivity index (χ3v) is 16.3. The van der Waals surface area contributed by atoms with Crippen LogP contribution in [-0.2, 0) is 26.6 Å². The van der Waals surface area contributed by atoms with Gasteiger partial charge >= 0.3 is 17.1 Å². The fourth-order valence-electron chi connectivity index (χ4n) is 2.79. The van der Waals surface area contributed by atoms with Crippen LogP contribution in [0.2, 0.25) is 90.7 Å². The first-order valence-corrected chi connectivity index (χ1v) is 31.0. The van der Waals surface area contributed by atoms with Gasteiger partial charge in [0.1, 0.15) is 0 Å². The summed E-state index contributed by atoms with van der Waals surface area (Å²) in [6.07, 6.45) is 3.76. The van der Waals surface area contributed by atoms with Crippen LogP contribution in [0.25, 0.3) is 0 Å². The van der Waals surface area contributed by atoms with Gasteiger partial charge in [0.15, 0.2) is 16.6 Å². The summed E-state index contributed by atoms with van der Waals surface area (Å²) in [5.74, 6) is 0. The third kappa shape index (κ3) is 17.2. The maximum atomic E-state index is 6.61. The molecular weight excluding hydrogens is 517 g/mol. The van der Waals surface area contributed by atoms with Crippen molar-refractivity contribution in [3.63, 3.8) is 0 Å². The zero-order chi connectivity index (χ0) is 26.2. The molecule has 0 saturated carbocycles. The van der Waals surface area contributed by atoms with E-state index in [0.29, 0.717) is 12.5 Å². The summed E-state index contributed by atoms with van der Waals surface area (Å²) < 4.78 is 38.2. The highest BCUT2D eigenvalue weighted by atomic mass is 28.4. The molecule has 33 heavy (non-hydrogen) atoms. The van der Waals surface area contributed by atoms with Gasteiger partial charge in [-0.2, -0.15) is 0 Å². The second kappa shape index (κ2) is 13.6. The summed E-state index contributed by atoms with van der Waals surface area (Å²) in [6.45, 7) is 27.4. The van der Waals surface area contributed by atoms with Gasteiger partial charge in [0.05, 0.1) is 28.6 Å². The minimum atomic E-state index is -2.49. The van der Waals surface area contributed by atoms with E-state index < -0.39 is 49.9 Å². The lowest BCUT2D eigenvalue weighted by molar-refractivity contribution is 0.183. The molecule has 0 amide bonds. The summed E-state index contributed by atoms with van der Waals surface area (Å²) in [6, 6.07) is 1.78. The average Bonchev–Trinajstić information content (AvgIpc) is 2.63. The minimum Gasteiger partial charge on any atom is -0.416 e. The standard InChI is InChI=1S/C21H56O6Si6/c1-22-32(20-24-30(9,10)11,26-18-28(3,4)5)16-15-17-33(23-2,21-25-31(12,13)14)27-19-29(6,7)8/h15-21H2,1-14H3. The maximum absolute atomic E-state index is 6.61. The van der Waals surface area contributed by atoms with Crippen LogP contribution in [0.1, 0.15) is 6.42 Å². The Hall–Kier alpha value is 1.06. The second-order valence-corrected chi connectivity index (χ2v) is 40.0. The van der Waals surface area contributed by atoms with Crippen molar-refractivity contribution in [2.75, 3.05) is 39.1 Å². The molecule has 6 nitrogen and oxygen atoms in total. The monoisotopic (exact) mass is 572 g/mol. The number of hydrogen-bond donors (Lipinski definition) is 0. The van der Waals surface area contributed by atoms with Gasteiger partial charge in [-0.25, -0.2) is 0 Å². The van der Waals surface area contributed by atoms with Gasteiger partial charge in [-0.3, -0.25) is 0 Å². The van der Waals surface area contributed by atoms with E-state index in [1.54, 1.807) is 14.2 Å². The van der Waals surface area contributed by atoms with Gasteiger partial charge in [-0.05, 0) is 57.8 Å². The number of rotatable bonds is 18. The van der Waals surface area contributed by atoms with Crippen molar-refractivity contribution < 1.29 is 26.6 Å². The van der Waals surface area contributed by atoms with Crippen molar-refractivity contribution in [3.8, 4) is 0 Å². The van der Waals surface area contributed by atoms with Crippen molar-refractivity contribution in [1.82, 2.24) is 0 Å². The molecule has 0 radical (unpaired) electrons. The first-order valence-electron chi connectivity index (χ1n) is 12.3. The summed E-state index contributed by atoms with van der Waals surface area (Å²) in [7, 11) is -7.45. The molecule has 200 valence electrons. The minimum absolute atomic E-state index is 0.604. The Labute approximate surface area is 212 Å². The lowest BCUT2D eigenvalue weighted by Gasteiger charge is -2.36. The molecule has 0 aliphatic heterocycles. The SMILES string of the molecule is CO[Si](CCC[Si](CO[Si](C)(C)C)(OC)OC[Si](C)(C)C)(CO[Si](C)(C)C)OC[Si](C)(C)C. The molecule has 0 bridgehead atoms. The van der Waals surface area contributed by atoms with E-state index in [1.807, 2.05) is 0 Å². The van der Waals surface area contributed by atoms with E-state index in [9.17, 15) is 0 Å². The molecule has 0 aromatic carbocycles. The fourth-order valence-corrected chi connectivity index (χ4v) is 17.0. The van der Waals surface area contributed by atoms with E-state index >= 15 is 0 Å². The van der Waals surface area contributed by atoms with Gasteiger partial charge in [0.2, 0.25) is 0 Å². The van der Waals surface area contributed by atoms with Crippen LogP contribution in [-0.4, -0.2) is 89.0 Å². The van der Waals surface area contributed by atoms with E-state index in [1.165, 1.54) is 0 Å². The van der Waals surface area contributed by atoms with E-state index in [-0.39, 0.29) is 0 Å². The van der Waals surface area contributed by atoms with Crippen LogP contribution in [0.4, 0.5) is 0 Å². The lowest BCUT2D eigenvalue weighted by atomic mass is 10.6. The van der Waals surface area contributed by atoms with Crippen molar-refractivity contribution in [2.45, 2.75) is 97.1 Å². The van der Waals surface area contributed by atoms with Crippen molar-refractivity contribution >= 4 is 49.9 Å². The molecule has 0 aliphatic carbocycles. The quantitative estimate of drug-likeness (QED) is 0.184. The average molecular weight is 573 g/mol. The Balaban J connectivity index is 5.53. The Kier molecular flexibility index (Phi) is 14.0. The van der Waals surface area contributed by atoms with Gasteiger partial charge in [0, 0.05) is 26.7 Å². The molecule has 0 N–H and O–H groups in total. The molecule has 0 aliphatic rings. The molecule has 12 heteroatoms. The Morgan fingerprint density at radius 3 is 0.939 bits per heavy atom. The molecule has 2 atom stereocenters. The van der Waals surface area contributed by atoms with Crippen molar-refractivity contribution in [3.05, 3.63) is 0 Å². The van der Waals surface area contributed by atoms with Crippen LogP contribution >= 0.6 is 0 Å². The van der Waals surface area contributed by atoms with Crippen molar-refractivity contribution in [1.29, 1.82) is 0 Å². The largest absolute Gasteiger partial charge is 0.416 e. The first-order chi connectivity index (χ1) is 14.7. The fraction of sp³-hybridized carbons (Fsp3) is 1.00. The van der Waals surface area contributed by atoms with Crippen LogP contribution in [0.15, 0.2) is 0 Å². The number of hydrogen-bond acceptors (Lipinski definition) is 6. The molecule has 0 aromatic heterocycles. The second-order valence-electron chi connectivity index (χ2n) is 13.6. The van der Waals surface area contributed by atoms with Crippen LogP contribution in [0.3, 0.4) is 0 Å². The molecule has 0 spiro atoms. The molecule has 2 unspecified atom stereocenters. The maximum Gasteiger partial charge on any atom is 0.362 e. The lowest BCUT2D eigenvalue weighted by Crippen LogP contribution is -2.54. The molecule has 0 heterocycles. The highest BCUT2D eigenvalue weighted by Crippen LogP contribution is 2.26. The Bertz CT molecular complexity index is 467. The smallest absolute Gasteiger partial charge is 0.362 e. The van der Waals surface area contributed by atoms with E-state index in [2.05, 4.69) is 78.6 Å². The third-order valence-electron chi connectivity index (χ3n) is 4.85. The predicted octanol–water partition coefficient (Wildman–Crippen LogP) is 6.12. The van der Waals surface area contributed by atoms with Gasteiger partial charge < -0.3 is 26.6 Å². The first kappa shape index (κ1) is 34.1. The molecule has 0 fully saturated rings.